The van der Waals surface area contributed by atoms with Crippen LogP contribution >= 0.6 is 0 Å². The van der Waals surface area contributed by atoms with Crippen molar-refractivity contribution in [3.05, 3.63) is 52.8 Å². The van der Waals surface area contributed by atoms with Gasteiger partial charge in [-0.15, -0.1) is 0 Å². The second-order valence-corrected chi connectivity index (χ2v) is 6.71. The molecule has 0 atom stereocenters. The van der Waals surface area contributed by atoms with Crippen LogP contribution in [0.2, 0.25) is 0 Å². The zero-order chi connectivity index (χ0) is 18.8. The summed E-state index contributed by atoms with van der Waals surface area (Å²) < 4.78 is 7.35. The SMILES string of the molecule is Cc1cc(C(=O)NCc2ccc(OC(C)C)cc2)c2c(C)nn(C)c2n1. The lowest BCUT2D eigenvalue weighted by atomic mass is 10.1. The van der Waals surface area contributed by atoms with Crippen molar-refractivity contribution in [3.8, 4) is 5.75 Å². The number of benzene rings is 1. The predicted molar refractivity (Wildman–Crippen MR) is 101 cm³/mol. The first kappa shape index (κ1) is 17.9. The largest absolute Gasteiger partial charge is 0.491 e. The van der Waals surface area contributed by atoms with Crippen molar-refractivity contribution in [2.45, 2.75) is 40.3 Å². The molecular weight excluding hydrogens is 328 g/mol. The molecule has 0 fully saturated rings. The topological polar surface area (TPSA) is 69.0 Å². The van der Waals surface area contributed by atoms with Gasteiger partial charge in [0.1, 0.15) is 5.75 Å². The van der Waals surface area contributed by atoms with Crippen LogP contribution in [0.15, 0.2) is 30.3 Å². The van der Waals surface area contributed by atoms with Crippen molar-refractivity contribution in [1.82, 2.24) is 20.1 Å². The lowest BCUT2D eigenvalue weighted by Gasteiger charge is -2.11. The van der Waals surface area contributed by atoms with Gasteiger partial charge in [0.15, 0.2) is 5.65 Å². The van der Waals surface area contributed by atoms with Gasteiger partial charge in [-0.1, -0.05) is 12.1 Å². The fraction of sp³-hybridized carbons (Fsp3) is 0.350. The van der Waals surface area contributed by atoms with Gasteiger partial charge >= 0.3 is 0 Å². The van der Waals surface area contributed by atoms with Crippen LogP contribution in [0.1, 0.15) is 41.2 Å². The van der Waals surface area contributed by atoms with Gasteiger partial charge in [-0.3, -0.25) is 9.48 Å². The summed E-state index contributed by atoms with van der Waals surface area (Å²) in [5, 5.41) is 8.18. The Labute approximate surface area is 153 Å². The lowest BCUT2D eigenvalue weighted by molar-refractivity contribution is 0.0952. The summed E-state index contributed by atoms with van der Waals surface area (Å²) >= 11 is 0. The third-order valence-corrected chi connectivity index (χ3v) is 4.09. The van der Waals surface area contributed by atoms with Gasteiger partial charge in [0.2, 0.25) is 0 Å². The average molecular weight is 352 g/mol. The van der Waals surface area contributed by atoms with E-state index in [1.807, 2.05) is 65.1 Å². The molecule has 1 aromatic carbocycles. The van der Waals surface area contributed by atoms with Crippen LogP contribution in [0.5, 0.6) is 5.75 Å². The van der Waals surface area contributed by atoms with E-state index in [2.05, 4.69) is 15.4 Å². The number of carbonyl (C=O) groups is 1. The van der Waals surface area contributed by atoms with Crippen LogP contribution in [-0.4, -0.2) is 26.8 Å². The third kappa shape index (κ3) is 3.69. The Hall–Kier alpha value is -2.89. The van der Waals surface area contributed by atoms with Gasteiger partial charge in [0.05, 0.1) is 22.7 Å². The molecule has 0 aliphatic rings. The van der Waals surface area contributed by atoms with Crippen LogP contribution < -0.4 is 10.1 Å². The Morgan fingerprint density at radius 3 is 2.58 bits per heavy atom. The van der Waals surface area contributed by atoms with E-state index in [-0.39, 0.29) is 12.0 Å². The maximum atomic E-state index is 12.8. The van der Waals surface area contributed by atoms with Crippen LogP contribution in [0, 0.1) is 13.8 Å². The normalized spacial score (nSPS) is 11.2. The van der Waals surface area contributed by atoms with E-state index in [1.54, 1.807) is 4.68 Å². The van der Waals surface area contributed by atoms with E-state index < -0.39 is 0 Å². The Bertz CT molecular complexity index is 943. The standard InChI is InChI=1S/C20H24N4O2/c1-12(2)26-16-8-6-15(7-9-16)11-21-20(25)17-10-13(3)22-19-18(17)14(4)23-24(19)5/h6-10,12H,11H2,1-5H3,(H,21,25). The lowest BCUT2D eigenvalue weighted by Crippen LogP contribution is -2.23. The quantitative estimate of drug-likeness (QED) is 0.765. The number of nitrogens with zero attached hydrogens (tertiary/aromatic N) is 3. The van der Waals surface area contributed by atoms with Gasteiger partial charge < -0.3 is 10.1 Å². The first-order valence-corrected chi connectivity index (χ1v) is 8.70. The summed E-state index contributed by atoms with van der Waals surface area (Å²) in [5.41, 5.74) is 3.94. The minimum atomic E-state index is -0.126. The highest BCUT2D eigenvalue weighted by molar-refractivity contribution is 6.06. The molecule has 0 radical (unpaired) electrons. The molecule has 0 spiro atoms. The number of amides is 1. The monoisotopic (exact) mass is 352 g/mol. The summed E-state index contributed by atoms with van der Waals surface area (Å²) in [7, 11) is 1.84. The molecular formula is C20H24N4O2. The van der Waals surface area contributed by atoms with Crippen molar-refractivity contribution in [3.63, 3.8) is 0 Å². The van der Waals surface area contributed by atoms with Gasteiger partial charge in [0, 0.05) is 19.3 Å². The highest BCUT2D eigenvalue weighted by Crippen LogP contribution is 2.21. The second kappa shape index (κ2) is 7.15. The van der Waals surface area contributed by atoms with Gasteiger partial charge in [-0.2, -0.15) is 5.10 Å². The molecule has 0 saturated heterocycles. The number of pyridine rings is 1. The molecule has 0 saturated carbocycles. The van der Waals surface area contributed by atoms with Crippen molar-refractivity contribution >= 4 is 16.9 Å². The van der Waals surface area contributed by atoms with E-state index >= 15 is 0 Å². The van der Waals surface area contributed by atoms with Crippen molar-refractivity contribution in [1.29, 1.82) is 0 Å². The molecule has 0 bridgehead atoms. The highest BCUT2D eigenvalue weighted by Gasteiger charge is 2.17. The number of hydrogen-bond donors (Lipinski definition) is 1. The minimum Gasteiger partial charge on any atom is -0.491 e. The van der Waals surface area contributed by atoms with Crippen molar-refractivity contribution in [2.75, 3.05) is 0 Å². The number of aromatic nitrogens is 3. The van der Waals surface area contributed by atoms with Gasteiger partial charge in [-0.25, -0.2) is 4.98 Å². The number of carbonyl (C=O) groups excluding carboxylic acids is 1. The Morgan fingerprint density at radius 2 is 1.92 bits per heavy atom. The van der Waals surface area contributed by atoms with E-state index in [4.69, 9.17) is 4.74 Å². The molecule has 26 heavy (non-hydrogen) atoms. The number of ether oxygens (including phenoxy) is 1. The third-order valence-electron chi connectivity index (χ3n) is 4.09. The second-order valence-electron chi connectivity index (χ2n) is 6.71. The molecule has 0 unspecified atom stereocenters. The van der Waals surface area contributed by atoms with E-state index in [9.17, 15) is 4.79 Å². The molecule has 2 heterocycles. The molecule has 6 nitrogen and oxygen atoms in total. The molecule has 3 aromatic rings. The van der Waals surface area contributed by atoms with Gasteiger partial charge in [-0.05, 0) is 51.5 Å². The highest BCUT2D eigenvalue weighted by atomic mass is 16.5. The Balaban J connectivity index is 1.77. The number of aryl methyl sites for hydroxylation is 3. The van der Waals surface area contributed by atoms with E-state index in [1.165, 1.54) is 0 Å². The molecule has 6 heteroatoms. The fourth-order valence-corrected chi connectivity index (χ4v) is 2.98. The van der Waals surface area contributed by atoms with E-state index in [0.29, 0.717) is 12.1 Å². The summed E-state index contributed by atoms with van der Waals surface area (Å²) in [6, 6.07) is 9.57. The molecule has 1 N–H and O–H groups in total. The Kier molecular flexibility index (Phi) is 4.93. The van der Waals surface area contributed by atoms with Crippen LogP contribution in [-0.2, 0) is 13.6 Å². The van der Waals surface area contributed by atoms with Crippen LogP contribution in [0.25, 0.3) is 11.0 Å². The molecule has 0 aliphatic carbocycles. The fourth-order valence-electron chi connectivity index (χ4n) is 2.98. The Morgan fingerprint density at radius 1 is 1.23 bits per heavy atom. The first-order valence-electron chi connectivity index (χ1n) is 8.70. The zero-order valence-corrected chi connectivity index (χ0v) is 15.8. The molecule has 3 rings (SSSR count). The molecule has 0 aliphatic heterocycles. The molecule has 2 aromatic heterocycles. The predicted octanol–water partition coefficient (Wildman–Crippen LogP) is 3.30. The van der Waals surface area contributed by atoms with Crippen LogP contribution in [0.3, 0.4) is 0 Å². The number of hydrogen-bond acceptors (Lipinski definition) is 4. The molecule has 136 valence electrons. The number of nitrogens with one attached hydrogen (secondary N) is 1. The summed E-state index contributed by atoms with van der Waals surface area (Å²) in [6.07, 6.45) is 0.139. The number of fused-ring (bicyclic) bond motifs is 1. The van der Waals surface area contributed by atoms with Crippen molar-refractivity contribution < 1.29 is 9.53 Å². The maximum absolute atomic E-state index is 12.8. The smallest absolute Gasteiger partial charge is 0.252 e. The summed E-state index contributed by atoms with van der Waals surface area (Å²) in [5.74, 6) is 0.701. The van der Waals surface area contributed by atoms with Crippen molar-refractivity contribution in [2.24, 2.45) is 7.05 Å². The maximum Gasteiger partial charge on any atom is 0.252 e. The number of rotatable bonds is 5. The summed E-state index contributed by atoms with van der Waals surface area (Å²) in [6.45, 7) is 8.20. The zero-order valence-electron chi connectivity index (χ0n) is 15.8. The molecule has 1 amide bonds. The van der Waals surface area contributed by atoms with E-state index in [0.717, 1.165) is 33.7 Å². The van der Waals surface area contributed by atoms with Gasteiger partial charge in [0.25, 0.3) is 5.91 Å². The first-order chi connectivity index (χ1) is 12.3. The summed E-state index contributed by atoms with van der Waals surface area (Å²) in [4.78, 5) is 17.3. The minimum absolute atomic E-state index is 0.126. The van der Waals surface area contributed by atoms with Crippen LogP contribution in [0.4, 0.5) is 0 Å². The average Bonchev–Trinajstić information content (AvgIpc) is 2.87.